The van der Waals surface area contributed by atoms with Crippen LogP contribution in [0.2, 0.25) is 0 Å². The first kappa shape index (κ1) is 9.95. The van der Waals surface area contributed by atoms with Crippen LogP contribution in [0.3, 0.4) is 0 Å². The van der Waals surface area contributed by atoms with E-state index in [1.165, 1.54) is 0 Å². The van der Waals surface area contributed by atoms with Gasteiger partial charge in [0.05, 0.1) is 0 Å². The molecule has 0 saturated heterocycles. The summed E-state index contributed by atoms with van der Waals surface area (Å²) in [6, 6.07) is 0.407. The molecule has 0 fully saturated rings. The lowest BCUT2D eigenvalue weighted by Crippen LogP contribution is -2.20. The minimum atomic E-state index is 0.407. The van der Waals surface area contributed by atoms with Crippen molar-refractivity contribution in [3.05, 3.63) is 24.6 Å². The van der Waals surface area contributed by atoms with E-state index < -0.39 is 0 Å². The van der Waals surface area contributed by atoms with Crippen LogP contribution in [0.4, 0.5) is 0 Å². The topological polar surface area (TPSA) is 24.4 Å². The third-order valence-electron chi connectivity index (χ3n) is 0.980. The van der Waals surface area contributed by atoms with Crippen LogP contribution in [0.25, 0.3) is 0 Å². The fraction of sp³-hybridized carbons (Fsp3) is 0.444. The molecular weight excluding hydrogens is 136 g/mol. The molecule has 11 heavy (non-hydrogen) atoms. The minimum absolute atomic E-state index is 0.407. The van der Waals surface area contributed by atoms with E-state index in [1.54, 1.807) is 12.3 Å². The Kier molecular flexibility index (Phi) is 5.17. The summed E-state index contributed by atoms with van der Waals surface area (Å²) in [5.41, 5.74) is 0. The lowest BCUT2D eigenvalue weighted by Gasteiger charge is -2.08. The summed E-state index contributed by atoms with van der Waals surface area (Å²) in [7, 11) is 0. The Hall–Kier alpha value is -1.05. The highest BCUT2D eigenvalue weighted by Gasteiger charge is 1.92. The van der Waals surface area contributed by atoms with Crippen LogP contribution >= 0.6 is 0 Å². The molecule has 62 valence electrons. The summed E-state index contributed by atoms with van der Waals surface area (Å²) in [5.74, 6) is 0.859. The average molecular weight is 152 g/mol. The molecular formula is C9H16N2. The quantitative estimate of drug-likeness (QED) is 0.484. The van der Waals surface area contributed by atoms with Crippen molar-refractivity contribution in [2.24, 2.45) is 4.99 Å². The Morgan fingerprint density at radius 1 is 1.55 bits per heavy atom. The number of nitrogens with one attached hydrogen (secondary N) is 1. The number of aliphatic imine (C=N–C) groups is 1. The van der Waals surface area contributed by atoms with E-state index >= 15 is 0 Å². The van der Waals surface area contributed by atoms with Gasteiger partial charge in [-0.25, -0.2) is 4.99 Å². The van der Waals surface area contributed by atoms with Gasteiger partial charge in [0.15, 0.2) is 0 Å². The highest BCUT2D eigenvalue weighted by molar-refractivity contribution is 5.55. The first-order valence-electron chi connectivity index (χ1n) is 3.78. The van der Waals surface area contributed by atoms with Crippen molar-refractivity contribution in [2.75, 3.05) is 0 Å². The van der Waals surface area contributed by atoms with E-state index in [0.29, 0.717) is 6.04 Å². The zero-order chi connectivity index (χ0) is 8.69. The van der Waals surface area contributed by atoms with E-state index in [0.717, 1.165) is 5.82 Å². The number of nitrogens with zero attached hydrogens (tertiary/aromatic N) is 1. The monoisotopic (exact) mass is 152 g/mol. The van der Waals surface area contributed by atoms with Gasteiger partial charge in [0.2, 0.25) is 0 Å². The van der Waals surface area contributed by atoms with E-state index in [2.05, 4.69) is 30.7 Å². The van der Waals surface area contributed by atoms with E-state index in [9.17, 15) is 0 Å². The Bertz CT molecular complexity index is 166. The van der Waals surface area contributed by atoms with Crippen LogP contribution in [0.5, 0.6) is 0 Å². The van der Waals surface area contributed by atoms with Crippen LogP contribution in [0.15, 0.2) is 29.5 Å². The van der Waals surface area contributed by atoms with E-state index in [4.69, 9.17) is 0 Å². The van der Waals surface area contributed by atoms with Gasteiger partial charge in [-0.05, 0) is 26.8 Å². The van der Waals surface area contributed by atoms with Gasteiger partial charge in [-0.1, -0.05) is 12.7 Å². The number of hydrogen-bond acceptors (Lipinski definition) is 2. The smallest absolute Gasteiger partial charge is 0.125 e. The molecule has 0 unspecified atom stereocenters. The van der Waals surface area contributed by atoms with Gasteiger partial charge >= 0.3 is 0 Å². The van der Waals surface area contributed by atoms with Crippen molar-refractivity contribution in [3.63, 3.8) is 0 Å². The van der Waals surface area contributed by atoms with E-state index in [-0.39, 0.29) is 0 Å². The molecule has 2 heteroatoms. The van der Waals surface area contributed by atoms with Gasteiger partial charge in [-0.15, -0.1) is 0 Å². The second kappa shape index (κ2) is 5.71. The van der Waals surface area contributed by atoms with Crippen molar-refractivity contribution in [2.45, 2.75) is 26.8 Å². The van der Waals surface area contributed by atoms with Gasteiger partial charge in [0, 0.05) is 12.3 Å². The van der Waals surface area contributed by atoms with Crippen LogP contribution in [-0.2, 0) is 0 Å². The zero-order valence-corrected chi connectivity index (χ0v) is 7.46. The molecule has 0 aliphatic heterocycles. The molecule has 0 heterocycles. The van der Waals surface area contributed by atoms with Crippen molar-refractivity contribution >= 4 is 6.21 Å². The molecule has 0 saturated carbocycles. The second-order valence-electron chi connectivity index (χ2n) is 2.47. The Morgan fingerprint density at radius 3 is 2.55 bits per heavy atom. The Labute approximate surface area is 68.7 Å². The first-order chi connectivity index (χ1) is 5.20. The number of rotatable bonds is 4. The highest BCUT2D eigenvalue weighted by atomic mass is 15.0. The second-order valence-corrected chi connectivity index (χ2v) is 2.47. The van der Waals surface area contributed by atoms with Crippen LogP contribution in [0.1, 0.15) is 20.8 Å². The lowest BCUT2D eigenvalue weighted by atomic mass is 10.4. The summed E-state index contributed by atoms with van der Waals surface area (Å²) in [4.78, 5) is 4.11. The predicted molar refractivity (Wildman–Crippen MR) is 50.7 cm³/mol. The highest BCUT2D eigenvalue weighted by Crippen LogP contribution is 1.93. The first-order valence-corrected chi connectivity index (χ1v) is 3.78. The molecule has 0 rings (SSSR count). The lowest BCUT2D eigenvalue weighted by molar-refractivity contribution is 0.664. The van der Waals surface area contributed by atoms with Gasteiger partial charge in [0.1, 0.15) is 5.82 Å². The molecule has 2 nitrogen and oxygen atoms in total. The molecule has 0 bridgehead atoms. The molecule has 0 aromatic rings. The maximum absolute atomic E-state index is 4.11. The number of allylic oxidation sites excluding steroid dienone is 2. The number of hydrogen-bond donors (Lipinski definition) is 1. The summed E-state index contributed by atoms with van der Waals surface area (Å²) in [6.45, 7) is 9.63. The molecule has 0 aromatic heterocycles. The fourth-order valence-corrected chi connectivity index (χ4v) is 0.675. The van der Waals surface area contributed by atoms with Crippen molar-refractivity contribution in [1.82, 2.24) is 5.32 Å². The molecule has 0 amide bonds. The summed E-state index contributed by atoms with van der Waals surface area (Å²) < 4.78 is 0. The normalized spacial score (nSPS) is 12.5. The molecule has 1 N–H and O–H groups in total. The van der Waals surface area contributed by atoms with Gasteiger partial charge < -0.3 is 5.32 Å². The summed E-state index contributed by atoms with van der Waals surface area (Å²) in [6.07, 6.45) is 5.32. The average Bonchev–Trinajstić information content (AvgIpc) is 1.87. The fourth-order valence-electron chi connectivity index (χ4n) is 0.675. The molecule has 0 atom stereocenters. The van der Waals surface area contributed by atoms with Crippen molar-refractivity contribution < 1.29 is 0 Å². The Balaban J connectivity index is 4.11. The summed E-state index contributed by atoms with van der Waals surface area (Å²) >= 11 is 0. The van der Waals surface area contributed by atoms with Crippen LogP contribution in [0, 0.1) is 0 Å². The van der Waals surface area contributed by atoms with Gasteiger partial charge in [-0.3, -0.25) is 0 Å². The zero-order valence-electron chi connectivity index (χ0n) is 7.46. The third kappa shape index (κ3) is 5.40. The largest absolute Gasteiger partial charge is 0.368 e. The maximum atomic E-state index is 4.11. The minimum Gasteiger partial charge on any atom is -0.368 e. The van der Waals surface area contributed by atoms with Crippen LogP contribution in [-0.4, -0.2) is 12.3 Å². The molecule has 0 aromatic carbocycles. The molecule has 0 spiro atoms. The standard InChI is InChI=1S/C9H16N2/c1-5-7-9(10-6-2)11-8(3)4/h5-8,11H,1H2,2-4H3/b9-7+,10-6?. The van der Waals surface area contributed by atoms with Gasteiger partial charge in [0.25, 0.3) is 0 Å². The summed E-state index contributed by atoms with van der Waals surface area (Å²) in [5, 5.41) is 3.17. The molecule has 0 radical (unpaired) electrons. The molecule has 0 aliphatic carbocycles. The van der Waals surface area contributed by atoms with Crippen molar-refractivity contribution in [3.8, 4) is 0 Å². The van der Waals surface area contributed by atoms with Gasteiger partial charge in [-0.2, -0.15) is 0 Å². The van der Waals surface area contributed by atoms with Crippen molar-refractivity contribution in [1.29, 1.82) is 0 Å². The third-order valence-corrected chi connectivity index (χ3v) is 0.980. The molecule has 0 aliphatic rings. The predicted octanol–water partition coefficient (Wildman–Crippen LogP) is 2.10. The SMILES string of the molecule is C=C/C=C(\N=CC)NC(C)C. The Morgan fingerprint density at radius 2 is 2.18 bits per heavy atom. The van der Waals surface area contributed by atoms with Crippen LogP contribution < -0.4 is 5.32 Å². The maximum Gasteiger partial charge on any atom is 0.125 e. The van der Waals surface area contributed by atoms with E-state index in [1.807, 2.05) is 13.0 Å².